The molecule has 2 unspecified atom stereocenters. The quantitative estimate of drug-likeness (QED) is 0.483. The van der Waals surface area contributed by atoms with Crippen molar-refractivity contribution in [3.05, 3.63) is 35.9 Å². The highest BCUT2D eigenvalue weighted by atomic mass is 16.9. The Morgan fingerprint density at radius 3 is 1.96 bits per heavy atom. The summed E-state index contributed by atoms with van der Waals surface area (Å²) in [6.45, 7) is 0.310. The van der Waals surface area contributed by atoms with Crippen molar-refractivity contribution in [3.63, 3.8) is 0 Å². The number of hydrogen-bond donors (Lipinski definition) is 2. The predicted octanol–water partition coefficient (Wildman–Crippen LogP) is 2.05. The first-order valence-corrected chi connectivity index (χ1v) is 8.70. The molecule has 0 spiro atoms. The Balaban J connectivity index is 2.50. The van der Waals surface area contributed by atoms with Gasteiger partial charge < -0.3 is 33.9 Å². The summed E-state index contributed by atoms with van der Waals surface area (Å²) in [7, 11) is 6.04. The minimum atomic E-state index is -1.28. The zero-order valence-electron chi connectivity index (χ0n) is 16.1. The third-order valence-electron chi connectivity index (χ3n) is 4.34. The Bertz CT molecular complexity index is 460. The highest BCUT2D eigenvalue weighted by Crippen LogP contribution is 2.24. The van der Waals surface area contributed by atoms with Crippen molar-refractivity contribution in [2.24, 2.45) is 0 Å². The third kappa shape index (κ3) is 7.67. The molecule has 7 heteroatoms. The van der Waals surface area contributed by atoms with Crippen LogP contribution in [0.4, 0.5) is 0 Å². The van der Waals surface area contributed by atoms with E-state index in [2.05, 4.69) is 0 Å². The summed E-state index contributed by atoms with van der Waals surface area (Å²) in [6, 6.07) is 9.66. The van der Waals surface area contributed by atoms with E-state index in [0.717, 1.165) is 5.56 Å². The molecule has 0 saturated carbocycles. The molecule has 7 nitrogen and oxygen atoms in total. The maximum absolute atomic E-state index is 10.2. The lowest BCUT2D eigenvalue weighted by atomic mass is 10.0. The van der Waals surface area contributed by atoms with Gasteiger partial charge in [-0.3, -0.25) is 0 Å². The van der Waals surface area contributed by atoms with Crippen molar-refractivity contribution in [1.29, 1.82) is 0 Å². The van der Waals surface area contributed by atoms with Gasteiger partial charge in [0.05, 0.1) is 18.8 Å². The maximum Gasteiger partial charge on any atom is 0.282 e. The molecule has 0 fully saturated rings. The number of hydrogen-bond acceptors (Lipinski definition) is 7. The zero-order chi connectivity index (χ0) is 19.4. The molecule has 2 N–H and O–H groups in total. The molecular formula is C19H32O7. The second kappa shape index (κ2) is 12.3. The van der Waals surface area contributed by atoms with Gasteiger partial charge in [0.2, 0.25) is 0 Å². The molecule has 0 aromatic heterocycles. The van der Waals surface area contributed by atoms with E-state index in [1.807, 2.05) is 30.3 Å². The van der Waals surface area contributed by atoms with Gasteiger partial charge in [-0.25, -0.2) is 0 Å². The molecule has 150 valence electrons. The highest BCUT2D eigenvalue weighted by molar-refractivity contribution is 5.13. The van der Waals surface area contributed by atoms with Crippen LogP contribution in [0.5, 0.6) is 0 Å². The Morgan fingerprint density at radius 2 is 1.42 bits per heavy atom. The minimum absolute atomic E-state index is 0.252. The Labute approximate surface area is 155 Å². The van der Waals surface area contributed by atoms with Crippen molar-refractivity contribution >= 4 is 0 Å². The van der Waals surface area contributed by atoms with Crippen molar-refractivity contribution in [1.82, 2.24) is 0 Å². The van der Waals surface area contributed by atoms with E-state index in [1.165, 1.54) is 28.4 Å². The Morgan fingerprint density at radius 1 is 0.846 bits per heavy atom. The summed E-state index contributed by atoms with van der Waals surface area (Å²) in [6.07, 6.45) is -0.882. The van der Waals surface area contributed by atoms with E-state index in [1.54, 1.807) is 0 Å². The van der Waals surface area contributed by atoms with E-state index in [4.69, 9.17) is 23.7 Å². The van der Waals surface area contributed by atoms with Crippen LogP contribution >= 0.6 is 0 Å². The largest absolute Gasteiger partial charge is 0.390 e. The van der Waals surface area contributed by atoms with Crippen LogP contribution in [0.25, 0.3) is 0 Å². The third-order valence-corrected chi connectivity index (χ3v) is 4.34. The van der Waals surface area contributed by atoms with Crippen LogP contribution in [-0.4, -0.2) is 63.1 Å². The first kappa shape index (κ1) is 23.0. The Hall–Kier alpha value is -1.06. The topological polar surface area (TPSA) is 86.6 Å². The molecule has 0 aliphatic carbocycles. The lowest BCUT2D eigenvalue weighted by Gasteiger charge is -2.32. The van der Waals surface area contributed by atoms with Gasteiger partial charge in [0.15, 0.2) is 6.29 Å². The number of aliphatic hydroxyl groups excluding tert-OH is 2. The molecule has 0 radical (unpaired) electrons. The van der Waals surface area contributed by atoms with E-state index >= 15 is 0 Å². The number of ether oxygens (including phenoxy) is 5. The minimum Gasteiger partial charge on any atom is -0.390 e. The second-order valence-electron chi connectivity index (χ2n) is 6.02. The number of rotatable bonds is 14. The Kier molecular flexibility index (Phi) is 10.9. The summed E-state index contributed by atoms with van der Waals surface area (Å²) in [5, 5.41) is 20.3. The normalized spacial score (nSPS) is 14.6. The summed E-state index contributed by atoms with van der Waals surface area (Å²) in [5.74, 6) is -1.28. The SMILES string of the molecule is COC(CCC(O)C(O)CCC(OC)(OC)OCc1ccccc1)OC. The van der Waals surface area contributed by atoms with E-state index in [0.29, 0.717) is 19.4 Å². The van der Waals surface area contributed by atoms with Gasteiger partial charge in [0.25, 0.3) is 5.97 Å². The molecule has 1 aromatic rings. The molecular weight excluding hydrogens is 340 g/mol. The molecule has 0 aliphatic rings. The van der Waals surface area contributed by atoms with Crippen LogP contribution in [0, 0.1) is 0 Å². The molecule has 1 aromatic carbocycles. The average Bonchev–Trinajstić information content (AvgIpc) is 2.69. The highest BCUT2D eigenvalue weighted by Gasteiger charge is 2.33. The number of methoxy groups -OCH3 is 4. The summed E-state index contributed by atoms with van der Waals surface area (Å²) in [5.41, 5.74) is 0.983. The molecule has 2 atom stereocenters. The van der Waals surface area contributed by atoms with Crippen molar-refractivity contribution < 1.29 is 33.9 Å². The molecule has 0 heterocycles. The van der Waals surface area contributed by atoms with Gasteiger partial charge in [0, 0.05) is 41.3 Å². The zero-order valence-corrected chi connectivity index (χ0v) is 16.1. The fraction of sp³-hybridized carbons (Fsp3) is 0.684. The van der Waals surface area contributed by atoms with Crippen molar-refractivity contribution in [3.8, 4) is 0 Å². The molecule has 0 bridgehead atoms. The van der Waals surface area contributed by atoms with Crippen LogP contribution in [0.15, 0.2) is 30.3 Å². The second-order valence-corrected chi connectivity index (χ2v) is 6.02. The van der Waals surface area contributed by atoms with E-state index in [9.17, 15) is 10.2 Å². The fourth-order valence-corrected chi connectivity index (χ4v) is 2.59. The van der Waals surface area contributed by atoms with Crippen LogP contribution in [0.2, 0.25) is 0 Å². The van der Waals surface area contributed by atoms with Crippen LogP contribution in [0.1, 0.15) is 31.2 Å². The van der Waals surface area contributed by atoms with Gasteiger partial charge in [-0.2, -0.15) is 0 Å². The van der Waals surface area contributed by atoms with Crippen molar-refractivity contribution in [2.75, 3.05) is 28.4 Å². The van der Waals surface area contributed by atoms with Crippen molar-refractivity contribution in [2.45, 2.75) is 56.8 Å². The average molecular weight is 372 g/mol. The first-order chi connectivity index (χ1) is 12.5. The predicted molar refractivity (Wildman–Crippen MR) is 96.3 cm³/mol. The smallest absolute Gasteiger partial charge is 0.282 e. The summed E-state index contributed by atoms with van der Waals surface area (Å²) < 4.78 is 26.7. The fourth-order valence-electron chi connectivity index (χ4n) is 2.59. The van der Waals surface area contributed by atoms with Gasteiger partial charge in [-0.05, 0) is 18.4 Å². The molecule has 0 amide bonds. The lowest BCUT2D eigenvalue weighted by Crippen LogP contribution is -2.39. The molecule has 1 rings (SSSR count). The van der Waals surface area contributed by atoms with Gasteiger partial charge in [-0.15, -0.1) is 0 Å². The summed E-state index contributed by atoms with van der Waals surface area (Å²) in [4.78, 5) is 0. The maximum atomic E-state index is 10.2. The monoisotopic (exact) mass is 372 g/mol. The van der Waals surface area contributed by atoms with E-state index < -0.39 is 24.5 Å². The van der Waals surface area contributed by atoms with Gasteiger partial charge in [-0.1, -0.05) is 30.3 Å². The first-order valence-electron chi connectivity index (χ1n) is 8.70. The van der Waals surface area contributed by atoms with Gasteiger partial charge in [0.1, 0.15) is 0 Å². The lowest BCUT2D eigenvalue weighted by molar-refractivity contribution is -0.371. The van der Waals surface area contributed by atoms with Crippen LogP contribution in [0.3, 0.4) is 0 Å². The number of aliphatic hydroxyl groups is 2. The van der Waals surface area contributed by atoms with Gasteiger partial charge >= 0.3 is 0 Å². The summed E-state index contributed by atoms with van der Waals surface area (Å²) >= 11 is 0. The standard InChI is InChI=1S/C19H32O7/c1-22-18(23-2)11-10-16(20)17(21)12-13-19(24-3,25-4)26-14-15-8-6-5-7-9-15/h5-9,16-18,20-21H,10-14H2,1-4H3. The number of benzene rings is 1. The molecule has 0 saturated heterocycles. The van der Waals surface area contributed by atoms with Crippen LogP contribution in [-0.2, 0) is 30.3 Å². The van der Waals surface area contributed by atoms with E-state index in [-0.39, 0.29) is 12.8 Å². The molecule has 0 aliphatic heterocycles. The van der Waals surface area contributed by atoms with Crippen LogP contribution < -0.4 is 0 Å². The molecule has 26 heavy (non-hydrogen) atoms.